The highest BCUT2D eigenvalue weighted by molar-refractivity contribution is 5.93. The van der Waals surface area contributed by atoms with E-state index in [-0.39, 0.29) is 5.97 Å². The van der Waals surface area contributed by atoms with Crippen LogP contribution in [0.2, 0.25) is 0 Å². The normalized spacial score (nSPS) is 14.6. The predicted molar refractivity (Wildman–Crippen MR) is 70.3 cm³/mol. The maximum absolute atomic E-state index is 11.6. The van der Waals surface area contributed by atoms with Crippen LogP contribution in [0, 0.1) is 5.92 Å². The number of H-pyrrole nitrogens is 1. The summed E-state index contributed by atoms with van der Waals surface area (Å²) in [7, 11) is 0. The Morgan fingerprint density at radius 3 is 3.05 bits per heavy atom. The van der Waals surface area contributed by atoms with Crippen LogP contribution in [0.15, 0.2) is 18.2 Å². The summed E-state index contributed by atoms with van der Waals surface area (Å²) in [5.74, 6) is 0.938. The largest absolute Gasteiger partial charge is 0.477 e. The van der Waals surface area contributed by atoms with Crippen molar-refractivity contribution in [1.82, 2.24) is 9.97 Å². The summed E-state index contributed by atoms with van der Waals surface area (Å²) in [4.78, 5) is 19.0. The zero-order valence-corrected chi connectivity index (χ0v) is 10.8. The van der Waals surface area contributed by atoms with Crippen LogP contribution in [-0.4, -0.2) is 29.2 Å². The SMILES string of the molecule is CCOC(=O)c1cc2nc(OCC3CC3)ccc2[nH]1. The molecule has 0 radical (unpaired) electrons. The van der Waals surface area contributed by atoms with Gasteiger partial charge in [-0.15, -0.1) is 0 Å². The highest BCUT2D eigenvalue weighted by Gasteiger charge is 2.22. The molecule has 2 heterocycles. The number of hydrogen-bond donors (Lipinski definition) is 1. The quantitative estimate of drug-likeness (QED) is 0.839. The minimum atomic E-state index is -0.360. The third kappa shape index (κ3) is 2.70. The van der Waals surface area contributed by atoms with Crippen molar-refractivity contribution in [2.45, 2.75) is 19.8 Å². The van der Waals surface area contributed by atoms with Crippen molar-refractivity contribution in [3.8, 4) is 5.88 Å². The molecule has 2 aromatic rings. The van der Waals surface area contributed by atoms with E-state index in [1.54, 1.807) is 13.0 Å². The molecule has 1 saturated carbocycles. The molecule has 5 nitrogen and oxygen atoms in total. The predicted octanol–water partition coefficient (Wildman–Crippen LogP) is 2.53. The molecule has 1 aliphatic rings. The summed E-state index contributed by atoms with van der Waals surface area (Å²) >= 11 is 0. The number of aromatic nitrogens is 2. The molecule has 3 rings (SSSR count). The van der Waals surface area contributed by atoms with Crippen molar-refractivity contribution in [2.75, 3.05) is 13.2 Å². The number of esters is 1. The third-order valence-corrected chi connectivity index (χ3v) is 3.11. The van der Waals surface area contributed by atoms with Crippen LogP contribution >= 0.6 is 0 Å². The Hall–Kier alpha value is -2.04. The summed E-state index contributed by atoms with van der Waals surface area (Å²) in [6.45, 7) is 2.87. The highest BCUT2D eigenvalue weighted by atomic mass is 16.5. The highest BCUT2D eigenvalue weighted by Crippen LogP contribution is 2.29. The second kappa shape index (κ2) is 4.91. The van der Waals surface area contributed by atoms with Gasteiger partial charge in [0.05, 0.1) is 24.2 Å². The van der Waals surface area contributed by atoms with Gasteiger partial charge in [0.25, 0.3) is 0 Å². The van der Waals surface area contributed by atoms with Gasteiger partial charge in [-0.3, -0.25) is 0 Å². The maximum Gasteiger partial charge on any atom is 0.354 e. The molecule has 0 saturated heterocycles. The maximum atomic E-state index is 11.6. The molecule has 5 heteroatoms. The molecule has 1 fully saturated rings. The van der Waals surface area contributed by atoms with Crippen molar-refractivity contribution >= 4 is 17.0 Å². The van der Waals surface area contributed by atoms with Crippen LogP contribution in [0.25, 0.3) is 11.0 Å². The van der Waals surface area contributed by atoms with Gasteiger partial charge >= 0.3 is 5.97 Å². The zero-order chi connectivity index (χ0) is 13.2. The topological polar surface area (TPSA) is 64.2 Å². The van der Waals surface area contributed by atoms with E-state index in [0.29, 0.717) is 24.1 Å². The molecule has 0 unspecified atom stereocenters. The Morgan fingerprint density at radius 2 is 2.32 bits per heavy atom. The smallest absolute Gasteiger partial charge is 0.354 e. The van der Waals surface area contributed by atoms with E-state index >= 15 is 0 Å². The molecule has 0 amide bonds. The zero-order valence-electron chi connectivity index (χ0n) is 10.8. The van der Waals surface area contributed by atoms with Crippen molar-refractivity contribution in [3.05, 3.63) is 23.9 Å². The molecule has 1 aliphatic carbocycles. The van der Waals surface area contributed by atoms with Gasteiger partial charge in [0.2, 0.25) is 5.88 Å². The summed E-state index contributed by atoms with van der Waals surface area (Å²) in [5, 5.41) is 0. The van der Waals surface area contributed by atoms with Gasteiger partial charge in [-0.05, 0) is 37.8 Å². The number of ether oxygens (including phenoxy) is 2. The first-order valence-electron chi connectivity index (χ1n) is 6.56. The Labute approximate surface area is 110 Å². The van der Waals surface area contributed by atoms with Crippen LogP contribution in [-0.2, 0) is 4.74 Å². The number of pyridine rings is 1. The van der Waals surface area contributed by atoms with Crippen LogP contribution in [0.1, 0.15) is 30.3 Å². The van der Waals surface area contributed by atoms with Gasteiger partial charge in [0, 0.05) is 6.07 Å². The molecular formula is C14H16N2O3. The number of rotatable bonds is 5. The Balaban J connectivity index is 1.79. The summed E-state index contributed by atoms with van der Waals surface area (Å²) in [5.41, 5.74) is 1.95. The molecule has 100 valence electrons. The van der Waals surface area contributed by atoms with Gasteiger partial charge in [-0.1, -0.05) is 0 Å². The molecule has 0 atom stereocenters. The van der Waals surface area contributed by atoms with Crippen molar-refractivity contribution in [1.29, 1.82) is 0 Å². The number of carbonyl (C=O) groups is 1. The first-order valence-corrected chi connectivity index (χ1v) is 6.56. The first kappa shape index (κ1) is 12.0. The molecule has 0 aromatic carbocycles. The van der Waals surface area contributed by atoms with Gasteiger partial charge in [0.15, 0.2) is 0 Å². The van der Waals surface area contributed by atoms with Gasteiger partial charge in [-0.2, -0.15) is 0 Å². The molecular weight excluding hydrogens is 244 g/mol. The molecule has 0 aliphatic heterocycles. The summed E-state index contributed by atoms with van der Waals surface area (Å²) < 4.78 is 10.6. The van der Waals surface area contributed by atoms with E-state index in [1.165, 1.54) is 12.8 Å². The van der Waals surface area contributed by atoms with Crippen molar-refractivity contribution in [2.24, 2.45) is 5.92 Å². The van der Waals surface area contributed by atoms with Crippen LogP contribution in [0.5, 0.6) is 5.88 Å². The van der Waals surface area contributed by atoms with E-state index in [2.05, 4.69) is 9.97 Å². The molecule has 0 bridgehead atoms. The third-order valence-electron chi connectivity index (χ3n) is 3.11. The fourth-order valence-electron chi connectivity index (χ4n) is 1.88. The lowest BCUT2D eigenvalue weighted by atomic mass is 10.3. The molecule has 1 N–H and O–H groups in total. The lowest BCUT2D eigenvalue weighted by Crippen LogP contribution is -2.04. The standard InChI is InChI=1S/C14H16N2O3/c1-2-18-14(17)12-7-11-10(15-12)5-6-13(16-11)19-8-9-3-4-9/h5-7,9,15H,2-4,8H2,1H3. The molecule has 0 spiro atoms. The van der Waals surface area contributed by atoms with E-state index in [0.717, 1.165) is 17.6 Å². The van der Waals surface area contributed by atoms with Gasteiger partial charge < -0.3 is 14.5 Å². The van der Waals surface area contributed by atoms with Crippen LogP contribution < -0.4 is 4.74 Å². The van der Waals surface area contributed by atoms with E-state index in [9.17, 15) is 4.79 Å². The minimum Gasteiger partial charge on any atom is -0.477 e. The Morgan fingerprint density at radius 1 is 1.47 bits per heavy atom. The second-order valence-corrected chi connectivity index (χ2v) is 4.74. The van der Waals surface area contributed by atoms with Crippen molar-refractivity contribution in [3.63, 3.8) is 0 Å². The average Bonchev–Trinajstić information content (AvgIpc) is 3.14. The lowest BCUT2D eigenvalue weighted by molar-refractivity contribution is 0.0520. The summed E-state index contributed by atoms with van der Waals surface area (Å²) in [6, 6.07) is 5.38. The second-order valence-electron chi connectivity index (χ2n) is 4.74. The summed E-state index contributed by atoms with van der Waals surface area (Å²) in [6.07, 6.45) is 2.50. The monoisotopic (exact) mass is 260 g/mol. The number of hydrogen-bond acceptors (Lipinski definition) is 4. The number of nitrogens with zero attached hydrogens (tertiary/aromatic N) is 1. The van der Waals surface area contributed by atoms with Crippen molar-refractivity contribution < 1.29 is 14.3 Å². The van der Waals surface area contributed by atoms with Crippen LogP contribution in [0.4, 0.5) is 0 Å². The molecule has 2 aromatic heterocycles. The molecule has 19 heavy (non-hydrogen) atoms. The van der Waals surface area contributed by atoms with E-state index in [1.807, 2.05) is 12.1 Å². The van der Waals surface area contributed by atoms with Gasteiger partial charge in [-0.25, -0.2) is 9.78 Å². The number of fused-ring (bicyclic) bond motifs is 1. The minimum absolute atomic E-state index is 0.359. The first-order chi connectivity index (χ1) is 9.26. The van der Waals surface area contributed by atoms with E-state index in [4.69, 9.17) is 9.47 Å². The number of nitrogens with one attached hydrogen (secondary N) is 1. The van der Waals surface area contributed by atoms with Gasteiger partial charge in [0.1, 0.15) is 5.69 Å². The number of aromatic amines is 1. The lowest BCUT2D eigenvalue weighted by Gasteiger charge is -2.03. The number of carbonyl (C=O) groups excluding carboxylic acids is 1. The Kier molecular flexibility index (Phi) is 3.11. The van der Waals surface area contributed by atoms with E-state index < -0.39 is 0 Å². The fourth-order valence-corrected chi connectivity index (χ4v) is 1.88. The average molecular weight is 260 g/mol. The van der Waals surface area contributed by atoms with Crippen LogP contribution in [0.3, 0.4) is 0 Å². The Bertz CT molecular complexity index is 602. The fraction of sp³-hybridized carbons (Fsp3) is 0.429.